The smallest absolute Gasteiger partial charge is 0.308 e. The Hall–Kier alpha value is -5.15. The number of allylic oxidation sites excluding steroid dienone is 12. The van der Waals surface area contributed by atoms with Crippen LogP contribution in [-0.2, 0) is 52.4 Å². The number of cyclic esters (lactones) is 1. The van der Waals surface area contributed by atoms with E-state index >= 15 is 0 Å². The lowest BCUT2D eigenvalue weighted by Crippen LogP contribution is -2.62. The van der Waals surface area contributed by atoms with Crippen LogP contribution in [0.25, 0.3) is 0 Å². The topological polar surface area (TPSA) is 518 Å². The number of Topliss-reactive ketones (excluding diaryl/α,β-unsaturated/α-hetero) is 1. The molecule has 31 heteroatoms. The Morgan fingerprint density at radius 2 is 1.02 bits per heavy atom. The van der Waals surface area contributed by atoms with Crippen LogP contribution >= 0.6 is 0 Å². The number of amides is 3. The summed E-state index contributed by atoms with van der Waals surface area (Å²) in [4.78, 5) is 71.0. The summed E-state index contributed by atoms with van der Waals surface area (Å²) in [7, 11) is 0. The molecule has 802 valence electrons. The number of ketones is 1. The van der Waals surface area contributed by atoms with Crippen molar-refractivity contribution in [2.24, 2.45) is 116 Å². The van der Waals surface area contributed by atoms with Gasteiger partial charge in [0.15, 0.2) is 12.1 Å². The Morgan fingerprint density at radius 1 is 0.489 bits per heavy atom. The quantitative estimate of drug-likeness (QED) is 0.0237. The number of nitrogens with zero attached hydrogens (tertiary/aromatic N) is 1. The number of carbonyl (C=O) groups excluding carboxylic acids is 5. The monoisotopic (exact) mass is 1990 g/mol. The normalized spacial score (nSPS) is 44.4. The van der Waals surface area contributed by atoms with E-state index in [2.05, 4.69) is 52.2 Å². The molecule has 31 nitrogen and oxygen atoms in total. The van der Waals surface area contributed by atoms with Crippen LogP contribution in [0.1, 0.15) is 275 Å². The maximum atomic E-state index is 14.6. The van der Waals surface area contributed by atoms with E-state index in [1.54, 1.807) is 86.4 Å². The molecule has 0 aromatic heterocycles. The maximum Gasteiger partial charge on any atom is 0.308 e. The summed E-state index contributed by atoms with van der Waals surface area (Å²) < 4.78 is 36.1. The fourth-order valence-corrected chi connectivity index (χ4v) is 28.3. The summed E-state index contributed by atoms with van der Waals surface area (Å²) in [5.74, 6) is -4.00. The third-order valence-electron chi connectivity index (χ3n) is 36.8. The lowest BCUT2D eigenvalue weighted by Gasteiger charge is -2.63. The molecule has 3 aliphatic heterocycles. The fourth-order valence-electron chi connectivity index (χ4n) is 28.3. The first-order chi connectivity index (χ1) is 66.9. The molecule has 3 amide bonds. The molecular formula is C110H180N4O27. The number of hydrogen-bond acceptors (Lipinski definition) is 28. The average Bonchev–Trinajstić information content (AvgIpc) is 1.63. The van der Waals surface area contributed by atoms with Crippen LogP contribution in [0.3, 0.4) is 0 Å². The second-order valence-electron chi connectivity index (χ2n) is 46.0. The van der Waals surface area contributed by atoms with Crippen molar-refractivity contribution in [3.8, 4) is 0 Å². The standard InChI is InChI=1S/C110H180N4O27/c1-65(80-34-36-82-97-84(61-92(126)108(80,82)9)106(7)43-40-75(117)53-71(106)55-88(97)123)30-32-73(115)28-23-25-47-114(48-26-24-45-112-94(128)39-31-66(2)81-35-37-83-98-85(62-93(127)109(81,83)10)107(8)44-41-76(118)54-72(107)56-89(98)124)95(129)42-49-136-51-52-137-50-46-113-104(134)99-90(125)64-110(135)63-78(120)58-87(122)86(121)38-33-74(116)57-77(119)59-96(130)138-69(5)68(4)101(131)67(3)27-21-19-17-15-13-11-12-14-16-18-20-22-29-79(60-91(99)141-110)140-105-103(133)100(111)102(132)70(6)139-105/h11-22,27,29,65-72,74-93,97-103,105,116-127,131-133,135H,23-26,28,30-64,111H2,1-10H3,(H,112,128)(H,113,134)/b12-11+,15-13+,16-14+,19-17+,20-18+,27-21+,29-22+/t65-,66-,67+,68+,69+,70?,71?,72?,74-,75?,76?,77-,78+,79+,80?,81?,82?,83?,84?,85?,86-,87-,88?,89?,90+,91+,92?,93?,97?,98?,99-,100?,101-,102?,103?,105?,106?,107?,108?,109?,110-/m1/s1. The zero-order chi connectivity index (χ0) is 103. The van der Waals surface area contributed by atoms with Crippen LogP contribution in [0, 0.1) is 110 Å². The van der Waals surface area contributed by atoms with Gasteiger partial charge < -0.3 is 131 Å². The molecule has 20 N–H and O–H groups in total. The van der Waals surface area contributed by atoms with Crippen LogP contribution in [-0.4, -0.2) is 303 Å². The molecule has 3 heterocycles. The van der Waals surface area contributed by atoms with Gasteiger partial charge in [-0.3, -0.25) is 24.0 Å². The second-order valence-corrected chi connectivity index (χ2v) is 46.0. The van der Waals surface area contributed by atoms with Crippen molar-refractivity contribution in [3.63, 3.8) is 0 Å². The number of nitrogens with one attached hydrogen (secondary N) is 2. The van der Waals surface area contributed by atoms with Crippen LogP contribution in [0.4, 0.5) is 0 Å². The molecule has 0 spiro atoms. The van der Waals surface area contributed by atoms with Gasteiger partial charge in [0.1, 0.15) is 18.0 Å². The summed E-state index contributed by atoms with van der Waals surface area (Å²) in [6, 6.07) is -1.21. The largest absolute Gasteiger partial charge is 0.462 e. The lowest BCUT2D eigenvalue weighted by atomic mass is 9.43. The van der Waals surface area contributed by atoms with Gasteiger partial charge in [0.2, 0.25) is 17.7 Å². The zero-order valence-corrected chi connectivity index (χ0v) is 85.8. The molecular weight excluding hydrogens is 1810 g/mol. The highest BCUT2D eigenvalue weighted by Crippen LogP contribution is 2.71. The number of esters is 1. The zero-order valence-electron chi connectivity index (χ0n) is 85.8. The van der Waals surface area contributed by atoms with Crippen molar-refractivity contribution in [1.82, 2.24) is 15.5 Å². The minimum Gasteiger partial charge on any atom is -0.462 e. The Balaban J connectivity index is 0.681. The van der Waals surface area contributed by atoms with Gasteiger partial charge in [-0.25, -0.2) is 0 Å². The van der Waals surface area contributed by atoms with Crippen molar-refractivity contribution in [2.75, 3.05) is 52.6 Å². The first-order valence-corrected chi connectivity index (χ1v) is 54.0. The van der Waals surface area contributed by atoms with Gasteiger partial charge in [-0.2, -0.15) is 0 Å². The summed E-state index contributed by atoms with van der Waals surface area (Å²) in [5, 5.41) is 188. The molecule has 141 heavy (non-hydrogen) atoms. The van der Waals surface area contributed by atoms with Crippen molar-refractivity contribution in [2.45, 2.75) is 409 Å². The maximum absolute atomic E-state index is 14.6. The molecule has 25 unspecified atom stereocenters. The van der Waals surface area contributed by atoms with E-state index in [4.69, 9.17) is 34.2 Å². The summed E-state index contributed by atoms with van der Waals surface area (Å²) in [6.45, 7) is 21.6. The van der Waals surface area contributed by atoms with E-state index in [1.807, 2.05) is 31.2 Å². The molecule has 11 rings (SSSR count). The highest BCUT2D eigenvalue weighted by atomic mass is 16.7. The van der Waals surface area contributed by atoms with Crippen molar-refractivity contribution >= 4 is 29.5 Å². The number of aliphatic hydroxyl groups excluding tert-OH is 15. The molecule has 41 atom stereocenters. The van der Waals surface area contributed by atoms with E-state index in [0.717, 1.165) is 51.4 Å². The molecule has 0 aromatic rings. The molecule has 10 fully saturated rings. The van der Waals surface area contributed by atoms with E-state index in [9.17, 15) is 106 Å². The van der Waals surface area contributed by atoms with E-state index in [-0.39, 0.29) is 193 Å². The van der Waals surface area contributed by atoms with Crippen molar-refractivity contribution < 1.29 is 134 Å². The molecule has 8 aliphatic carbocycles. The summed E-state index contributed by atoms with van der Waals surface area (Å²) >= 11 is 0. The highest BCUT2D eigenvalue weighted by Gasteiger charge is 2.68. The van der Waals surface area contributed by atoms with Gasteiger partial charge in [-0.05, 0) is 254 Å². The number of nitrogens with two attached hydrogens (primary N) is 1. The molecule has 11 aliphatic rings. The molecule has 2 saturated heterocycles. The third-order valence-corrected chi connectivity index (χ3v) is 36.8. The third kappa shape index (κ3) is 29.7. The van der Waals surface area contributed by atoms with Crippen molar-refractivity contribution in [1.29, 1.82) is 0 Å². The van der Waals surface area contributed by atoms with E-state index < -0.39 is 171 Å². The fraction of sp³-hybridized carbons (Fsp3) is 0.827. The van der Waals surface area contributed by atoms with Crippen LogP contribution in [0.15, 0.2) is 85.1 Å². The second kappa shape index (κ2) is 53.3. The highest BCUT2D eigenvalue weighted by molar-refractivity contribution is 5.80. The van der Waals surface area contributed by atoms with E-state index in [1.165, 1.54) is 0 Å². The Kier molecular flexibility index (Phi) is 43.9. The average molecular weight is 1990 g/mol. The number of fused-ring (bicyclic) bond motifs is 12. The van der Waals surface area contributed by atoms with Gasteiger partial charge in [0, 0.05) is 83.0 Å². The summed E-state index contributed by atoms with van der Waals surface area (Å²) in [5.41, 5.74) is 5.44. The number of unbranched alkanes of at least 4 members (excludes halogenated alkanes) is 2. The molecule has 0 radical (unpaired) electrons. The Bertz CT molecular complexity index is 4130. The van der Waals surface area contributed by atoms with Crippen LogP contribution in [0.5, 0.6) is 0 Å². The summed E-state index contributed by atoms with van der Waals surface area (Å²) in [6.07, 6.45) is 16.2. The number of rotatable bonds is 30. The molecule has 8 saturated carbocycles. The lowest BCUT2D eigenvalue weighted by molar-refractivity contribution is -0.307. The SMILES string of the molecule is CC1OC(O[C@H]2/C=C/C=C/C=C/C=C/C=C/C=C/C=C/[C@H](C)[C@@H](O)[C@@H](C)[C@H](C)OC(=O)C[C@H](O)C[C@H](O)CC[C@@H](O)[C@H](O)C[C@H](O)C[C@]3(O)C[C@H](O)[C@@H](C(=O)NCCOCCOCCC(=O)N(CCCCNC(=O)CC[C@@H](C)C4CCC5C6C(O)CC7CC(O)CCC7(C)C6CC(O)C54C)CCCCC(=O)CC[C@@H](C)C4CCC5C6C(O)CC7CC(O)CCC7(C)C6CC(O)C54C)[C@H](C2)O3)C(O)C(N)C1O. The predicted molar refractivity (Wildman–Crippen MR) is 531 cm³/mol. The van der Waals surface area contributed by atoms with Gasteiger partial charge in [-0.15, -0.1) is 0 Å². The van der Waals surface area contributed by atoms with Gasteiger partial charge >= 0.3 is 5.97 Å². The first kappa shape index (κ1) is 116. The van der Waals surface area contributed by atoms with Gasteiger partial charge in [-0.1, -0.05) is 140 Å². The number of aliphatic hydroxyl groups is 16. The van der Waals surface area contributed by atoms with Gasteiger partial charge in [0.05, 0.1) is 155 Å². The van der Waals surface area contributed by atoms with Crippen LogP contribution < -0.4 is 16.4 Å². The first-order valence-electron chi connectivity index (χ1n) is 54.0. The number of carbonyl (C=O) groups is 5. The number of hydrogen-bond donors (Lipinski definition) is 19. The van der Waals surface area contributed by atoms with Crippen molar-refractivity contribution in [3.05, 3.63) is 85.1 Å². The number of ether oxygens (including phenoxy) is 6. The van der Waals surface area contributed by atoms with Gasteiger partial charge in [0.25, 0.3) is 0 Å². The minimum absolute atomic E-state index is 0.0256. The molecule has 2 bridgehead atoms. The molecule has 0 aromatic carbocycles. The predicted octanol–water partition coefficient (Wildman–Crippen LogP) is 8.39. The Labute approximate surface area is 837 Å². The minimum atomic E-state index is -2.39. The van der Waals surface area contributed by atoms with Crippen LogP contribution in [0.2, 0.25) is 0 Å². The Morgan fingerprint density at radius 3 is 1.60 bits per heavy atom. The van der Waals surface area contributed by atoms with E-state index in [0.29, 0.717) is 116 Å².